The minimum absolute atomic E-state index is 0.601. The molecule has 0 aromatic carbocycles. The maximum absolute atomic E-state index is 5.08. The molecule has 2 unspecified atom stereocenters. The van der Waals surface area contributed by atoms with Crippen LogP contribution in [0.2, 0.25) is 0 Å². The van der Waals surface area contributed by atoms with Gasteiger partial charge in [-0.3, -0.25) is 0 Å². The van der Waals surface area contributed by atoms with E-state index in [1.807, 2.05) is 6.33 Å². The van der Waals surface area contributed by atoms with Crippen LogP contribution in [-0.2, 0) is 11.3 Å². The standard InChI is InChI=1S/C11H19N3O/c1-9-4-3-5-10(9)11-13-12-8-14(11)6-7-15-2/h8-10H,3-7H2,1-2H3. The Morgan fingerprint density at radius 3 is 3.07 bits per heavy atom. The fourth-order valence-electron chi connectivity index (χ4n) is 2.44. The highest BCUT2D eigenvalue weighted by molar-refractivity contribution is 5.01. The van der Waals surface area contributed by atoms with Crippen LogP contribution >= 0.6 is 0 Å². The zero-order chi connectivity index (χ0) is 10.7. The topological polar surface area (TPSA) is 39.9 Å². The Kier molecular flexibility index (Phi) is 3.36. The van der Waals surface area contributed by atoms with Gasteiger partial charge in [-0.25, -0.2) is 0 Å². The fraction of sp³-hybridized carbons (Fsp3) is 0.818. The van der Waals surface area contributed by atoms with Crippen LogP contribution in [0.25, 0.3) is 0 Å². The number of ether oxygens (including phenoxy) is 1. The second kappa shape index (κ2) is 4.75. The van der Waals surface area contributed by atoms with Crippen molar-refractivity contribution in [2.75, 3.05) is 13.7 Å². The van der Waals surface area contributed by atoms with E-state index in [0.29, 0.717) is 5.92 Å². The van der Waals surface area contributed by atoms with E-state index in [2.05, 4.69) is 21.7 Å². The van der Waals surface area contributed by atoms with E-state index in [9.17, 15) is 0 Å². The molecular weight excluding hydrogens is 190 g/mol. The van der Waals surface area contributed by atoms with Gasteiger partial charge in [0.05, 0.1) is 6.61 Å². The normalized spacial score (nSPS) is 26.0. The van der Waals surface area contributed by atoms with E-state index in [1.165, 1.54) is 19.3 Å². The van der Waals surface area contributed by atoms with E-state index in [0.717, 1.165) is 24.9 Å². The largest absolute Gasteiger partial charge is 0.383 e. The Morgan fingerprint density at radius 1 is 1.53 bits per heavy atom. The quantitative estimate of drug-likeness (QED) is 0.759. The van der Waals surface area contributed by atoms with Gasteiger partial charge in [-0.2, -0.15) is 0 Å². The second-order valence-electron chi connectivity index (χ2n) is 4.39. The number of hydrogen-bond donors (Lipinski definition) is 0. The van der Waals surface area contributed by atoms with Crippen molar-refractivity contribution >= 4 is 0 Å². The molecule has 1 aromatic rings. The first-order valence-corrected chi connectivity index (χ1v) is 5.69. The van der Waals surface area contributed by atoms with Crippen molar-refractivity contribution in [3.63, 3.8) is 0 Å². The summed E-state index contributed by atoms with van der Waals surface area (Å²) in [6.07, 6.45) is 5.72. The number of hydrogen-bond acceptors (Lipinski definition) is 3. The molecule has 4 nitrogen and oxygen atoms in total. The highest BCUT2D eigenvalue weighted by Gasteiger charge is 2.28. The third kappa shape index (κ3) is 2.20. The molecule has 0 bridgehead atoms. The summed E-state index contributed by atoms with van der Waals surface area (Å²) in [6, 6.07) is 0. The summed E-state index contributed by atoms with van der Waals surface area (Å²) in [5.41, 5.74) is 0. The number of aromatic nitrogens is 3. The molecule has 0 aliphatic heterocycles. The number of methoxy groups -OCH3 is 1. The molecule has 84 valence electrons. The third-order valence-corrected chi connectivity index (χ3v) is 3.37. The molecule has 4 heteroatoms. The van der Waals surface area contributed by atoms with Gasteiger partial charge in [0.1, 0.15) is 12.2 Å². The van der Waals surface area contributed by atoms with Gasteiger partial charge in [-0.05, 0) is 18.8 Å². The lowest BCUT2D eigenvalue weighted by Gasteiger charge is -2.15. The smallest absolute Gasteiger partial charge is 0.136 e. The maximum Gasteiger partial charge on any atom is 0.136 e. The highest BCUT2D eigenvalue weighted by atomic mass is 16.5. The van der Waals surface area contributed by atoms with Gasteiger partial charge in [-0.15, -0.1) is 10.2 Å². The highest BCUT2D eigenvalue weighted by Crippen LogP contribution is 2.38. The Morgan fingerprint density at radius 2 is 2.40 bits per heavy atom. The number of nitrogens with zero attached hydrogens (tertiary/aromatic N) is 3. The molecule has 0 spiro atoms. The monoisotopic (exact) mass is 209 g/mol. The van der Waals surface area contributed by atoms with Crippen LogP contribution in [0.4, 0.5) is 0 Å². The molecule has 0 amide bonds. The Labute approximate surface area is 90.7 Å². The molecule has 0 saturated heterocycles. The molecule has 2 atom stereocenters. The molecule has 1 saturated carbocycles. The van der Waals surface area contributed by atoms with E-state index in [1.54, 1.807) is 7.11 Å². The summed E-state index contributed by atoms with van der Waals surface area (Å²) in [4.78, 5) is 0. The van der Waals surface area contributed by atoms with Gasteiger partial charge in [0.15, 0.2) is 0 Å². The summed E-state index contributed by atoms with van der Waals surface area (Å²) < 4.78 is 7.22. The van der Waals surface area contributed by atoms with Crippen LogP contribution in [0.15, 0.2) is 6.33 Å². The van der Waals surface area contributed by atoms with Crippen molar-refractivity contribution in [3.05, 3.63) is 12.2 Å². The molecule has 1 aliphatic rings. The average molecular weight is 209 g/mol. The summed E-state index contributed by atoms with van der Waals surface area (Å²) >= 11 is 0. The van der Waals surface area contributed by atoms with Crippen molar-refractivity contribution in [1.29, 1.82) is 0 Å². The lowest BCUT2D eigenvalue weighted by Crippen LogP contribution is -2.13. The summed E-state index contributed by atoms with van der Waals surface area (Å²) in [5, 5.41) is 8.27. The van der Waals surface area contributed by atoms with Crippen LogP contribution in [0.3, 0.4) is 0 Å². The fourth-order valence-corrected chi connectivity index (χ4v) is 2.44. The first-order chi connectivity index (χ1) is 7.33. The van der Waals surface area contributed by atoms with Crippen LogP contribution in [0.5, 0.6) is 0 Å². The van der Waals surface area contributed by atoms with E-state index >= 15 is 0 Å². The minimum Gasteiger partial charge on any atom is -0.383 e. The van der Waals surface area contributed by atoms with Gasteiger partial charge < -0.3 is 9.30 Å². The van der Waals surface area contributed by atoms with E-state index in [-0.39, 0.29) is 0 Å². The molecule has 0 N–H and O–H groups in total. The molecule has 2 rings (SSSR count). The second-order valence-corrected chi connectivity index (χ2v) is 4.39. The SMILES string of the molecule is COCCn1cnnc1C1CCCC1C. The molecule has 1 heterocycles. The first-order valence-electron chi connectivity index (χ1n) is 5.69. The molecule has 1 aliphatic carbocycles. The van der Waals surface area contributed by atoms with Crippen LogP contribution in [-0.4, -0.2) is 28.5 Å². The first kappa shape index (κ1) is 10.6. The van der Waals surface area contributed by atoms with Gasteiger partial charge >= 0.3 is 0 Å². The van der Waals surface area contributed by atoms with Crippen LogP contribution in [0.1, 0.15) is 37.9 Å². The Bertz CT molecular complexity index is 311. The minimum atomic E-state index is 0.601. The lowest BCUT2D eigenvalue weighted by molar-refractivity contribution is 0.185. The zero-order valence-corrected chi connectivity index (χ0v) is 9.52. The van der Waals surface area contributed by atoms with Gasteiger partial charge in [0, 0.05) is 19.6 Å². The van der Waals surface area contributed by atoms with Crippen molar-refractivity contribution in [1.82, 2.24) is 14.8 Å². The zero-order valence-electron chi connectivity index (χ0n) is 9.52. The van der Waals surface area contributed by atoms with E-state index < -0.39 is 0 Å². The average Bonchev–Trinajstić information content (AvgIpc) is 2.82. The van der Waals surface area contributed by atoms with Crippen molar-refractivity contribution in [2.45, 2.75) is 38.6 Å². The summed E-state index contributed by atoms with van der Waals surface area (Å²) in [5.74, 6) is 2.50. The molecule has 1 fully saturated rings. The van der Waals surface area contributed by atoms with E-state index in [4.69, 9.17) is 4.74 Å². The van der Waals surface area contributed by atoms with Crippen molar-refractivity contribution in [2.24, 2.45) is 5.92 Å². The molecule has 15 heavy (non-hydrogen) atoms. The van der Waals surface area contributed by atoms with Crippen molar-refractivity contribution < 1.29 is 4.74 Å². The predicted octanol–water partition coefficient (Wildman–Crippen LogP) is 1.83. The Balaban J connectivity index is 2.09. The molecular formula is C11H19N3O. The van der Waals surface area contributed by atoms with Crippen molar-refractivity contribution in [3.8, 4) is 0 Å². The summed E-state index contributed by atoms with van der Waals surface area (Å²) in [6.45, 7) is 3.90. The maximum atomic E-state index is 5.08. The van der Waals surface area contributed by atoms with Gasteiger partial charge in [-0.1, -0.05) is 13.3 Å². The number of rotatable bonds is 4. The predicted molar refractivity (Wildman–Crippen MR) is 57.7 cm³/mol. The van der Waals surface area contributed by atoms with Gasteiger partial charge in [0.25, 0.3) is 0 Å². The van der Waals surface area contributed by atoms with Crippen LogP contribution in [0, 0.1) is 5.92 Å². The molecule has 1 aromatic heterocycles. The lowest BCUT2D eigenvalue weighted by atomic mass is 9.97. The third-order valence-electron chi connectivity index (χ3n) is 3.37. The van der Waals surface area contributed by atoms with Gasteiger partial charge in [0.2, 0.25) is 0 Å². The summed E-state index contributed by atoms with van der Waals surface area (Å²) in [7, 11) is 1.72. The Hall–Kier alpha value is -0.900. The molecule has 0 radical (unpaired) electrons. The van der Waals surface area contributed by atoms with Crippen LogP contribution < -0.4 is 0 Å².